The molecular weight excluding hydrogens is 1150 g/mol. The summed E-state index contributed by atoms with van der Waals surface area (Å²) in [4.78, 5) is 16.1. The van der Waals surface area contributed by atoms with E-state index in [1.54, 1.807) is 104 Å². The number of aryl methyl sites for hydroxylation is 2. The van der Waals surface area contributed by atoms with Crippen LogP contribution in [0.4, 0.5) is 34.1 Å². The minimum absolute atomic E-state index is 0. The number of phenolic OH excluding ortho intramolecular Hbond substituents is 1. The third kappa shape index (κ3) is 12.9. The van der Waals surface area contributed by atoms with E-state index in [9.17, 15) is 46.1 Å². The SMILES string of the molecule is COc1ccccc1N=C([O-])c1cc2ccccc2c(N=Nc2c(C)cc(Cl)cc2S(=O)(=O)O)c1[O-].COc1ccccc1NC(=O)c1cc2ccccc2c(N=Nc2c(C)cc(Cl)cc2S(=O)(=O)O)c1O.[Ba+2]. The van der Waals surface area contributed by atoms with Gasteiger partial charge in [-0.25, -0.2) is 0 Å². The van der Waals surface area contributed by atoms with Crippen LogP contribution in [0.3, 0.4) is 0 Å². The molecule has 0 aromatic heterocycles. The first-order chi connectivity index (χ1) is 34.2. The summed E-state index contributed by atoms with van der Waals surface area (Å²) in [5.41, 5.74) is 0.325. The number of methoxy groups -OCH3 is 2. The van der Waals surface area contributed by atoms with Crippen molar-refractivity contribution in [3.63, 3.8) is 0 Å². The largest absolute Gasteiger partial charge is 2.00 e. The maximum atomic E-state index is 13.4. The molecule has 0 unspecified atom stereocenters. The van der Waals surface area contributed by atoms with Crippen molar-refractivity contribution in [1.82, 2.24) is 0 Å². The minimum atomic E-state index is -4.70. The second-order valence-corrected chi connectivity index (χ2v) is 19.1. The van der Waals surface area contributed by atoms with Gasteiger partial charge in [0.15, 0.2) is 5.75 Å². The van der Waals surface area contributed by atoms with Crippen LogP contribution >= 0.6 is 23.2 Å². The summed E-state index contributed by atoms with van der Waals surface area (Å²) in [7, 11) is -6.47. The van der Waals surface area contributed by atoms with Crippen LogP contribution in [0.2, 0.25) is 10.0 Å². The third-order valence-electron chi connectivity index (χ3n) is 10.6. The minimum Gasteiger partial charge on any atom is -0.871 e. The number of para-hydroxylation sites is 4. The number of aromatic hydroxyl groups is 1. The van der Waals surface area contributed by atoms with Crippen molar-refractivity contribution >= 4 is 160 Å². The van der Waals surface area contributed by atoms with E-state index in [0.29, 0.717) is 49.9 Å². The molecule has 0 fully saturated rings. The van der Waals surface area contributed by atoms with Gasteiger partial charge in [0.25, 0.3) is 26.1 Å². The predicted molar refractivity (Wildman–Crippen MR) is 275 cm³/mol. The first kappa shape index (κ1) is 55.9. The van der Waals surface area contributed by atoms with Gasteiger partial charge in [0, 0.05) is 20.8 Å². The van der Waals surface area contributed by atoms with E-state index in [2.05, 4.69) is 30.8 Å². The number of ether oxygens (including phenoxy) is 2. The average molecular weight is 1190 g/mol. The van der Waals surface area contributed by atoms with E-state index in [1.165, 1.54) is 45.4 Å². The van der Waals surface area contributed by atoms with Crippen LogP contribution < -0.4 is 25.0 Å². The zero-order chi connectivity index (χ0) is 52.1. The zero-order valence-corrected chi connectivity index (χ0v) is 46.3. The van der Waals surface area contributed by atoms with Gasteiger partial charge in [-0.1, -0.05) is 102 Å². The number of nitrogens with one attached hydrogen (secondary N) is 1. The molecule has 0 aliphatic heterocycles. The number of nitrogens with zero attached hydrogens (tertiary/aromatic N) is 5. The Morgan fingerprint density at radius 1 is 0.603 bits per heavy atom. The fraction of sp³-hybridized carbons (Fsp3) is 0.0800. The maximum absolute atomic E-state index is 13.4. The van der Waals surface area contributed by atoms with Crippen LogP contribution in [0.1, 0.15) is 27.0 Å². The van der Waals surface area contributed by atoms with E-state index >= 15 is 0 Å². The smallest absolute Gasteiger partial charge is 0.871 e. The van der Waals surface area contributed by atoms with E-state index in [4.69, 9.17) is 32.7 Å². The topological polar surface area (TPSA) is 284 Å². The van der Waals surface area contributed by atoms with Gasteiger partial charge in [-0.2, -0.15) is 21.9 Å². The van der Waals surface area contributed by atoms with Gasteiger partial charge < -0.3 is 30.1 Å². The number of amides is 1. The Morgan fingerprint density at radius 2 is 1.04 bits per heavy atom. The van der Waals surface area contributed by atoms with Crippen molar-refractivity contribution in [3.8, 4) is 23.0 Å². The summed E-state index contributed by atoms with van der Waals surface area (Å²) in [6.45, 7) is 3.07. The van der Waals surface area contributed by atoms with Crippen molar-refractivity contribution < 1.29 is 55.5 Å². The summed E-state index contributed by atoms with van der Waals surface area (Å²) < 4.78 is 77.3. The molecule has 0 saturated heterocycles. The van der Waals surface area contributed by atoms with Crippen LogP contribution in [0.25, 0.3) is 21.5 Å². The summed E-state index contributed by atoms with van der Waals surface area (Å²) >= 11 is 11.9. The van der Waals surface area contributed by atoms with Crippen LogP contribution in [0.5, 0.6) is 23.0 Å². The zero-order valence-electron chi connectivity index (χ0n) is 38.7. The Hall–Kier alpha value is -6.41. The summed E-state index contributed by atoms with van der Waals surface area (Å²) in [5.74, 6) is -1.86. The number of fused-ring (bicyclic) bond motifs is 2. The molecule has 23 heteroatoms. The molecule has 8 rings (SSSR count). The number of phenols is 1. The number of azo groups is 2. The molecule has 0 radical (unpaired) electrons. The second-order valence-electron chi connectivity index (χ2n) is 15.4. The number of halogens is 2. The van der Waals surface area contributed by atoms with E-state index in [-0.39, 0.29) is 98.5 Å². The van der Waals surface area contributed by atoms with E-state index in [0.717, 1.165) is 12.1 Å². The monoisotopic (exact) mass is 1190 g/mol. The maximum Gasteiger partial charge on any atom is 2.00 e. The molecule has 368 valence electrons. The predicted octanol–water partition coefficient (Wildman–Crippen LogP) is 11.0. The molecule has 0 aliphatic rings. The van der Waals surface area contributed by atoms with E-state index < -0.39 is 53.3 Å². The Morgan fingerprint density at radius 3 is 1.58 bits per heavy atom. The molecule has 1 amide bonds. The Balaban J connectivity index is 0.000000235. The van der Waals surface area contributed by atoms with Gasteiger partial charge in [-0.15, -0.1) is 15.3 Å². The molecule has 0 spiro atoms. The van der Waals surface area contributed by atoms with Crippen LogP contribution in [0.15, 0.2) is 169 Å². The number of rotatable bonds is 12. The fourth-order valence-electron chi connectivity index (χ4n) is 7.25. The van der Waals surface area contributed by atoms with Gasteiger partial charge in [0.2, 0.25) is 0 Å². The number of carbonyl (C=O) groups is 1. The van der Waals surface area contributed by atoms with Crippen LogP contribution in [0, 0.1) is 13.8 Å². The number of hydrogen-bond donors (Lipinski definition) is 4. The number of carbonyl (C=O) groups excluding carboxylic acids is 1. The summed E-state index contributed by atoms with van der Waals surface area (Å²) in [6, 6.07) is 34.9. The summed E-state index contributed by atoms with van der Waals surface area (Å²) in [6.07, 6.45) is 0. The number of aliphatic imine (C=N–C) groups is 1. The molecule has 0 atom stereocenters. The molecule has 18 nitrogen and oxygen atoms in total. The molecule has 0 aliphatic carbocycles. The summed E-state index contributed by atoms with van der Waals surface area (Å²) in [5, 5.41) is 58.4. The fourth-order valence-corrected chi connectivity index (χ4v) is 9.37. The van der Waals surface area contributed by atoms with Gasteiger partial charge in [0.05, 0.1) is 31.2 Å². The van der Waals surface area contributed by atoms with Crippen molar-refractivity contribution in [2.75, 3.05) is 19.5 Å². The Kier molecular flexibility index (Phi) is 18.1. The average Bonchev–Trinajstić information content (AvgIpc) is 3.33. The number of benzene rings is 8. The molecule has 0 heterocycles. The van der Waals surface area contributed by atoms with Gasteiger partial charge in [0.1, 0.15) is 44.0 Å². The van der Waals surface area contributed by atoms with E-state index in [1.807, 2.05) is 0 Å². The first-order valence-electron chi connectivity index (χ1n) is 20.9. The van der Waals surface area contributed by atoms with Crippen molar-refractivity contribution in [1.29, 1.82) is 0 Å². The quantitative estimate of drug-likeness (QED) is 0.0292. The standard InChI is InChI=1S/2C25H20ClN3O6S.Ba/c2*1-14-11-16(26)13-21(36(32,33)34)22(14)28-29-23-17-8-4-3-7-15(17)12-18(24(23)30)25(31)27-19-9-5-6-10-20(19)35-2;/h2*3-13,30H,1-2H3,(H,27,31)(H,32,33,34);/q;;+2/p-2. The second kappa shape index (κ2) is 23.6. The first-order valence-corrected chi connectivity index (χ1v) is 24.5. The van der Waals surface area contributed by atoms with Crippen molar-refractivity contribution in [2.24, 2.45) is 25.4 Å². The van der Waals surface area contributed by atoms with Gasteiger partial charge >= 0.3 is 48.9 Å². The van der Waals surface area contributed by atoms with Crippen molar-refractivity contribution in [2.45, 2.75) is 23.6 Å². The Bertz CT molecular complexity index is 3790. The normalized spacial score (nSPS) is 11.9. The van der Waals surface area contributed by atoms with Crippen LogP contribution in [-0.2, 0) is 20.2 Å². The molecule has 4 N–H and O–H groups in total. The molecular formula is C50H38BaCl2N6O12S2. The number of hydrogen-bond acceptors (Lipinski definition) is 15. The Labute approximate surface area is 468 Å². The third-order valence-corrected chi connectivity index (χ3v) is 12.8. The molecule has 8 aromatic rings. The van der Waals surface area contributed by atoms with Crippen molar-refractivity contribution in [3.05, 3.63) is 166 Å². The number of anilines is 1. The molecule has 8 aromatic carbocycles. The van der Waals surface area contributed by atoms with Gasteiger partial charge in [-0.3, -0.25) is 18.9 Å². The van der Waals surface area contributed by atoms with Gasteiger partial charge in [-0.05, 0) is 108 Å². The molecule has 0 bridgehead atoms. The molecule has 0 saturated carbocycles. The molecule has 73 heavy (non-hydrogen) atoms. The van der Waals surface area contributed by atoms with Crippen LogP contribution in [-0.4, -0.2) is 106 Å².